The lowest BCUT2D eigenvalue weighted by Gasteiger charge is -2.23. The minimum Gasteiger partial charge on any atom is -0.493 e. The average molecular weight is 478 g/mol. The first-order valence-corrected chi connectivity index (χ1v) is 10.6. The van der Waals surface area contributed by atoms with Crippen molar-refractivity contribution >= 4 is 22.4 Å². The van der Waals surface area contributed by atoms with Gasteiger partial charge in [-0.3, -0.25) is 0 Å². The van der Waals surface area contributed by atoms with E-state index >= 15 is 0 Å². The fourth-order valence-corrected chi connectivity index (χ4v) is 3.65. The number of nitrogens with zero attached hydrogens (tertiary/aromatic N) is 2. The van der Waals surface area contributed by atoms with Crippen molar-refractivity contribution in [3.05, 3.63) is 47.3 Å². The van der Waals surface area contributed by atoms with Gasteiger partial charge in [0.15, 0.2) is 11.5 Å². The van der Waals surface area contributed by atoms with Crippen molar-refractivity contribution in [1.82, 2.24) is 9.97 Å². The van der Waals surface area contributed by atoms with Crippen molar-refractivity contribution in [2.75, 3.05) is 44.6 Å². The Kier molecular flexibility index (Phi) is 6.94. The third-order valence-corrected chi connectivity index (χ3v) is 5.21. The van der Waals surface area contributed by atoms with Crippen LogP contribution in [0.1, 0.15) is 17.0 Å². The summed E-state index contributed by atoms with van der Waals surface area (Å²) < 4.78 is 61.9. The van der Waals surface area contributed by atoms with Crippen LogP contribution in [0.25, 0.3) is 10.9 Å². The number of aromatic nitrogens is 2. The topological polar surface area (TPSA) is 101 Å². The maximum Gasteiger partial charge on any atom is 0.416 e. The van der Waals surface area contributed by atoms with Gasteiger partial charge in [0.2, 0.25) is 0 Å². The van der Waals surface area contributed by atoms with E-state index in [4.69, 9.17) is 24.7 Å². The van der Waals surface area contributed by atoms with Crippen LogP contribution in [-0.2, 0) is 22.2 Å². The molecule has 1 atom stereocenters. The van der Waals surface area contributed by atoms with Crippen LogP contribution in [0.4, 0.5) is 24.7 Å². The van der Waals surface area contributed by atoms with Gasteiger partial charge in [0.1, 0.15) is 24.4 Å². The highest BCUT2D eigenvalue weighted by Gasteiger charge is 2.31. The third-order valence-electron chi connectivity index (χ3n) is 5.21. The summed E-state index contributed by atoms with van der Waals surface area (Å²) in [5.74, 6) is 1.88. The first kappa shape index (κ1) is 23.8. The third kappa shape index (κ3) is 5.60. The Bertz CT molecular complexity index is 1170. The quantitative estimate of drug-likeness (QED) is 0.493. The Labute approximate surface area is 194 Å². The summed E-state index contributed by atoms with van der Waals surface area (Å²) in [6.07, 6.45) is -4.69. The zero-order valence-corrected chi connectivity index (χ0v) is 18.7. The van der Waals surface area contributed by atoms with Gasteiger partial charge in [-0.15, -0.1) is 0 Å². The summed E-state index contributed by atoms with van der Waals surface area (Å²) in [6, 6.07) is 6.92. The molecule has 2 heterocycles. The number of halogens is 3. The van der Waals surface area contributed by atoms with Gasteiger partial charge in [-0.1, -0.05) is 0 Å². The number of benzene rings is 2. The predicted molar refractivity (Wildman–Crippen MR) is 120 cm³/mol. The van der Waals surface area contributed by atoms with E-state index in [2.05, 4.69) is 15.3 Å². The first-order valence-electron chi connectivity index (χ1n) is 10.6. The lowest BCUT2D eigenvalue weighted by molar-refractivity contribution is -0.137. The van der Waals surface area contributed by atoms with Gasteiger partial charge in [0.05, 0.1) is 38.0 Å². The second kappa shape index (κ2) is 9.90. The molecule has 34 heavy (non-hydrogen) atoms. The van der Waals surface area contributed by atoms with Crippen LogP contribution >= 0.6 is 0 Å². The molecule has 3 N–H and O–H groups in total. The number of ether oxygens (including phenoxy) is 4. The van der Waals surface area contributed by atoms with E-state index in [0.29, 0.717) is 59.4 Å². The van der Waals surface area contributed by atoms with Crippen molar-refractivity contribution < 1.29 is 32.1 Å². The average Bonchev–Trinajstić information content (AvgIpc) is 2.80. The molecule has 0 saturated carbocycles. The number of hydrogen-bond donors (Lipinski definition) is 2. The molecule has 2 aromatic carbocycles. The lowest BCUT2D eigenvalue weighted by Crippen LogP contribution is -2.33. The summed E-state index contributed by atoms with van der Waals surface area (Å²) in [7, 11) is 1.53. The zero-order chi connectivity index (χ0) is 24.3. The Morgan fingerprint density at radius 2 is 1.94 bits per heavy atom. The molecule has 182 valence electrons. The van der Waals surface area contributed by atoms with E-state index in [1.807, 2.05) is 0 Å². The Balaban J connectivity index is 1.61. The molecule has 0 spiro atoms. The number of methoxy groups -OCH3 is 1. The van der Waals surface area contributed by atoms with E-state index < -0.39 is 11.7 Å². The van der Waals surface area contributed by atoms with Crippen LogP contribution in [0.5, 0.6) is 11.5 Å². The van der Waals surface area contributed by atoms with E-state index in [1.165, 1.54) is 13.2 Å². The van der Waals surface area contributed by atoms with Gasteiger partial charge in [-0.25, -0.2) is 9.97 Å². The molecule has 0 aliphatic carbocycles. The molecule has 0 unspecified atom stereocenters. The summed E-state index contributed by atoms with van der Waals surface area (Å²) in [4.78, 5) is 8.89. The molecule has 1 aromatic heterocycles. The minimum absolute atomic E-state index is 0.0321. The molecule has 4 rings (SSSR count). The molecule has 0 amide bonds. The molecule has 1 aliphatic rings. The Morgan fingerprint density at radius 1 is 1.12 bits per heavy atom. The summed E-state index contributed by atoms with van der Waals surface area (Å²) in [5, 5.41) is 3.73. The van der Waals surface area contributed by atoms with E-state index in [9.17, 15) is 13.2 Å². The number of hydrogen-bond acceptors (Lipinski definition) is 8. The lowest BCUT2D eigenvalue weighted by atomic mass is 10.1. The molecule has 1 saturated heterocycles. The van der Waals surface area contributed by atoms with Crippen LogP contribution < -0.4 is 20.5 Å². The maximum atomic E-state index is 13.2. The highest BCUT2D eigenvalue weighted by Crippen LogP contribution is 2.35. The molecular weight excluding hydrogens is 453 g/mol. The normalized spacial score (nSPS) is 16.4. The molecule has 8 nitrogen and oxygen atoms in total. The standard InChI is InChI=1S/C23H25F3N4O4/c1-13-29-19-9-20(31-2)21(34-12-17-11-32-3-4-33-17)8-18(19)22(30-13)28-10-14-5-15(23(24,25)26)7-16(27)6-14/h5-9,17H,3-4,10-12,27H2,1-2H3,(H,28,29,30)/t17-/m0/s1. The number of nitrogens with one attached hydrogen (secondary N) is 1. The fourth-order valence-electron chi connectivity index (χ4n) is 3.65. The predicted octanol–water partition coefficient (Wildman–Crippen LogP) is 3.95. The number of rotatable bonds is 7. The molecule has 0 radical (unpaired) electrons. The van der Waals surface area contributed by atoms with Gasteiger partial charge in [-0.2, -0.15) is 13.2 Å². The van der Waals surface area contributed by atoms with Crippen LogP contribution in [0.15, 0.2) is 30.3 Å². The van der Waals surface area contributed by atoms with Gasteiger partial charge in [-0.05, 0) is 36.8 Å². The van der Waals surface area contributed by atoms with Crippen LogP contribution in [0, 0.1) is 6.92 Å². The number of fused-ring (bicyclic) bond motifs is 1. The SMILES string of the molecule is COc1cc2nc(C)nc(NCc3cc(N)cc(C(F)(F)F)c3)c2cc1OC[C@@H]1COCCO1. The van der Waals surface area contributed by atoms with E-state index in [1.54, 1.807) is 19.1 Å². The zero-order valence-electron chi connectivity index (χ0n) is 18.7. The second-order valence-corrected chi connectivity index (χ2v) is 7.83. The van der Waals surface area contributed by atoms with Crippen LogP contribution in [0.3, 0.4) is 0 Å². The van der Waals surface area contributed by atoms with Crippen LogP contribution in [0.2, 0.25) is 0 Å². The van der Waals surface area contributed by atoms with Crippen molar-refractivity contribution in [1.29, 1.82) is 0 Å². The van der Waals surface area contributed by atoms with Gasteiger partial charge in [0.25, 0.3) is 0 Å². The first-order chi connectivity index (χ1) is 16.2. The van der Waals surface area contributed by atoms with Crippen molar-refractivity contribution in [2.45, 2.75) is 25.7 Å². The number of aryl methyl sites for hydroxylation is 1. The van der Waals surface area contributed by atoms with Crippen molar-refractivity contribution in [2.24, 2.45) is 0 Å². The molecular formula is C23H25F3N4O4. The second-order valence-electron chi connectivity index (χ2n) is 7.83. The monoisotopic (exact) mass is 478 g/mol. The van der Waals surface area contributed by atoms with Gasteiger partial charge in [0, 0.05) is 23.7 Å². The summed E-state index contributed by atoms with van der Waals surface area (Å²) in [5.41, 5.74) is 5.88. The highest BCUT2D eigenvalue weighted by atomic mass is 19.4. The number of nitrogens with two attached hydrogens (primary N) is 1. The van der Waals surface area contributed by atoms with Crippen molar-refractivity contribution in [3.8, 4) is 11.5 Å². The van der Waals surface area contributed by atoms with Crippen LogP contribution in [-0.4, -0.2) is 49.6 Å². The molecule has 1 aliphatic heterocycles. The largest absolute Gasteiger partial charge is 0.493 e. The number of anilines is 2. The van der Waals surface area contributed by atoms with E-state index in [-0.39, 0.29) is 24.9 Å². The maximum absolute atomic E-state index is 13.2. The van der Waals surface area contributed by atoms with Gasteiger partial charge < -0.3 is 30.0 Å². The highest BCUT2D eigenvalue weighted by molar-refractivity contribution is 5.91. The molecule has 3 aromatic rings. The van der Waals surface area contributed by atoms with Gasteiger partial charge >= 0.3 is 6.18 Å². The molecule has 11 heteroatoms. The smallest absolute Gasteiger partial charge is 0.416 e. The summed E-state index contributed by atoms with van der Waals surface area (Å²) >= 11 is 0. The minimum atomic E-state index is -4.49. The number of nitrogen functional groups attached to an aromatic ring is 1. The molecule has 1 fully saturated rings. The fraction of sp³-hybridized carbons (Fsp3) is 0.391. The van der Waals surface area contributed by atoms with Crippen molar-refractivity contribution in [3.63, 3.8) is 0 Å². The number of alkyl halides is 3. The molecule has 0 bridgehead atoms. The summed E-state index contributed by atoms with van der Waals surface area (Å²) in [6.45, 7) is 3.56. The Hall–Kier alpha value is -3.31. The van der Waals surface area contributed by atoms with E-state index in [0.717, 1.165) is 12.1 Å². The Morgan fingerprint density at radius 3 is 2.65 bits per heavy atom.